The fourth-order valence-corrected chi connectivity index (χ4v) is 3.48. The quantitative estimate of drug-likeness (QED) is 0.673. The zero-order chi connectivity index (χ0) is 19.6. The summed E-state index contributed by atoms with van der Waals surface area (Å²) in [5, 5.41) is 9.13. The predicted molar refractivity (Wildman–Crippen MR) is 107 cm³/mol. The second kappa shape index (κ2) is 7.94. The first kappa shape index (κ1) is 19.1. The average Bonchev–Trinajstić information content (AvgIpc) is 2.61. The average molecular weight is 406 g/mol. The third kappa shape index (κ3) is 3.89. The van der Waals surface area contributed by atoms with E-state index < -0.39 is 17.8 Å². The van der Waals surface area contributed by atoms with Gasteiger partial charge in [-0.1, -0.05) is 29.8 Å². The van der Waals surface area contributed by atoms with Crippen LogP contribution in [0, 0.1) is 5.82 Å². The van der Waals surface area contributed by atoms with Crippen LogP contribution in [0.3, 0.4) is 0 Å². The molecular weight excluding hydrogens is 389 g/mol. The smallest absolute Gasteiger partial charge is 0.255 e. The maximum Gasteiger partial charge on any atom is 0.255 e. The van der Waals surface area contributed by atoms with E-state index in [1.54, 1.807) is 37.3 Å². The molecule has 5 nitrogen and oxygen atoms in total. The summed E-state index contributed by atoms with van der Waals surface area (Å²) >= 11 is 11.4. The predicted octanol–water partition coefficient (Wildman–Crippen LogP) is 3.92. The van der Waals surface area contributed by atoms with Gasteiger partial charge in [-0.3, -0.25) is 4.79 Å². The van der Waals surface area contributed by atoms with Gasteiger partial charge < -0.3 is 20.7 Å². The summed E-state index contributed by atoms with van der Waals surface area (Å²) in [6, 6.07) is 10.5. The Morgan fingerprint density at radius 1 is 1.26 bits per heavy atom. The highest BCUT2D eigenvalue weighted by Crippen LogP contribution is 2.34. The van der Waals surface area contributed by atoms with Crippen LogP contribution in [0.25, 0.3) is 0 Å². The molecule has 8 heteroatoms. The molecule has 0 aromatic heterocycles. The summed E-state index contributed by atoms with van der Waals surface area (Å²) < 4.78 is 19.8. The molecule has 27 heavy (non-hydrogen) atoms. The van der Waals surface area contributed by atoms with Crippen molar-refractivity contribution >= 4 is 40.5 Å². The van der Waals surface area contributed by atoms with Gasteiger partial charge in [0.25, 0.3) is 5.91 Å². The molecule has 1 aliphatic rings. The van der Waals surface area contributed by atoms with Gasteiger partial charge in [-0.15, -0.1) is 0 Å². The lowest BCUT2D eigenvalue weighted by molar-refractivity contribution is -0.113. The minimum Gasteiger partial charge on any atom is -0.495 e. The van der Waals surface area contributed by atoms with Crippen LogP contribution in [-0.4, -0.2) is 18.1 Å². The molecule has 140 valence electrons. The lowest BCUT2D eigenvalue weighted by atomic mass is 9.94. The van der Waals surface area contributed by atoms with Crippen LogP contribution in [0.4, 0.5) is 10.1 Å². The molecule has 3 N–H and O–H groups in total. The Morgan fingerprint density at radius 3 is 2.70 bits per heavy atom. The number of hydrogen-bond acceptors (Lipinski definition) is 3. The number of thiocarbonyl (C=S) groups is 1. The van der Waals surface area contributed by atoms with Crippen LogP contribution >= 0.6 is 23.8 Å². The minimum atomic E-state index is -0.831. The third-order valence-corrected chi connectivity index (χ3v) is 4.71. The van der Waals surface area contributed by atoms with Gasteiger partial charge in [0.1, 0.15) is 11.6 Å². The van der Waals surface area contributed by atoms with Crippen LogP contribution in [0.1, 0.15) is 18.5 Å². The Kier molecular flexibility index (Phi) is 5.62. The molecule has 2 aromatic carbocycles. The molecule has 1 unspecified atom stereocenters. The number of carbonyl (C=O) groups is 1. The van der Waals surface area contributed by atoms with E-state index in [1.807, 2.05) is 0 Å². The largest absolute Gasteiger partial charge is 0.495 e. The van der Waals surface area contributed by atoms with Gasteiger partial charge in [-0.25, -0.2) is 4.39 Å². The van der Waals surface area contributed by atoms with E-state index in [9.17, 15) is 9.18 Å². The maximum absolute atomic E-state index is 14.5. The van der Waals surface area contributed by atoms with E-state index in [4.69, 9.17) is 28.6 Å². The molecule has 1 atom stereocenters. The molecule has 0 bridgehead atoms. The Labute approximate surface area is 166 Å². The van der Waals surface area contributed by atoms with Crippen LogP contribution in [0.2, 0.25) is 5.02 Å². The van der Waals surface area contributed by atoms with E-state index in [2.05, 4.69) is 16.0 Å². The molecule has 2 aromatic rings. The van der Waals surface area contributed by atoms with Gasteiger partial charge in [0, 0.05) is 16.3 Å². The molecule has 3 rings (SSSR count). The first-order chi connectivity index (χ1) is 12.9. The number of rotatable bonds is 4. The van der Waals surface area contributed by atoms with Crippen molar-refractivity contribution in [2.45, 2.75) is 13.0 Å². The Morgan fingerprint density at radius 2 is 2.00 bits per heavy atom. The highest BCUT2D eigenvalue weighted by atomic mass is 35.5. The van der Waals surface area contributed by atoms with E-state index >= 15 is 0 Å². The van der Waals surface area contributed by atoms with Crippen molar-refractivity contribution in [1.29, 1.82) is 0 Å². The standard InChI is InChI=1S/C19H17ClFN3O2S/c1-10-15(18(25)23-13-8-3-4-9-14(13)26-2)17(24-19(27)22-10)16-11(20)6-5-7-12(16)21/h3-9,17H,1-2H3,(H,23,25)(H2,22,24,27). The molecule has 0 aliphatic carbocycles. The SMILES string of the molecule is COc1ccccc1NC(=O)C1=C(C)NC(=S)NC1c1c(F)cccc1Cl. The number of nitrogens with one attached hydrogen (secondary N) is 3. The van der Waals surface area contributed by atoms with Gasteiger partial charge in [-0.05, 0) is 43.4 Å². The van der Waals surface area contributed by atoms with Crippen molar-refractivity contribution in [3.05, 3.63) is 70.1 Å². The Bertz CT molecular complexity index is 928. The van der Waals surface area contributed by atoms with Crippen molar-refractivity contribution in [2.75, 3.05) is 12.4 Å². The number of methoxy groups -OCH3 is 1. The van der Waals surface area contributed by atoms with E-state index in [0.717, 1.165) is 0 Å². The summed E-state index contributed by atoms with van der Waals surface area (Å²) in [5.74, 6) is -0.444. The van der Waals surface area contributed by atoms with E-state index in [-0.39, 0.29) is 21.3 Å². The topological polar surface area (TPSA) is 62.4 Å². The van der Waals surface area contributed by atoms with Crippen molar-refractivity contribution in [2.24, 2.45) is 0 Å². The monoisotopic (exact) mass is 405 g/mol. The second-order valence-electron chi connectivity index (χ2n) is 5.86. The summed E-state index contributed by atoms with van der Waals surface area (Å²) in [6.45, 7) is 1.70. The fraction of sp³-hybridized carbons (Fsp3) is 0.158. The third-order valence-electron chi connectivity index (χ3n) is 4.16. The maximum atomic E-state index is 14.5. The summed E-state index contributed by atoms with van der Waals surface area (Å²) in [7, 11) is 1.51. The second-order valence-corrected chi connectivity index (χ2v) is 6.68. The van der Waals surface area contributed by atoms with Crippen LogP contribution in [0.15, 0.2) is 53.7 Å². The minimum absolute atomic E-state index is 0.160. The zero-order valence-corrected chi connectivity index (χ0v) is 16.2. The molecule has 0 fully saturated rings. The van der Waals surface area contributed by atoms with Crippen molar-refractivity contribution in [3.8, 4) is 5.75 Å². The lowest BCUT2D eigenvalue weighted by Crippen LogP contribution is -2.46. The summed E-state index contributed by atoms with van der Waals surface area (Å²) in [5.41, 5.74) is 1.45. The fourth-order valence-electron chi connectivity index (χ4n) is 2.94. The molecule has 1 heterocycles. The Hall–Kier alpha value is -2.64. The van der Waals surface area contributed by atoms with E-state index in [0.29, 0.717) is 17.1 Å². The number of ether oxygens (including phenoxy) is 1. The molecule has 0 saturated carbocycles. The number of halogens is 2. The normalized spacial score (nSPS) is 16.4. The lowest BCUT2D eigenvalue weighted by Gasteiger charge is -2.31. The number of benzene rings is 2. The first-order valence-corrected chi connectivity index (χ1v) is 8.87. The van der Waals surface area contributed by atoms with Gasteiger partial charge in [0.2, 0.25) is 0 Å². The first-order valence-electron chi connectivity index (χ1n) is 8.09. The molecule has 0 radical (unpaired) electrons. The van der Waals surface area contributed by atoms with Crippen LogP contribution in [0.5, 0.6) is 5.75 Å². The molecular formula is C19H17ClFN3O2S. The van der Waals surface area contributed by atoms with E-state index in [1.165, 1.54) is 19.2 Å². The molecule has 1 amide bonds. The molecule has 0 saturated heterocycles. The number of allylic oxidation sites excluding steroid dienone is 1. The number of anilines is 1. The van der Waals surface area contributed by atoms with Gasteiger partial charge in [0.15, 0.2) is 5.11 Å². The van der Waals surface area contributed by atoms with Gasteiger partial charge >= 0.3 is 0 Å². The summed E-state index contributed by atoms with van der Waals surface area (Å²) in [6.07, 6.45) is 0. The molecule has 1 aliphatic heterocycles. The van der Waals surface area contributed by atoms with Crippen molar-refractivity contribution < 1.29 is 13.9 Å². The highest BCUT2D eigenvalue weighted by Gasteiger charge is 2.33. The summed E-state index contributed by atoms with van der Waals surface area (Å²) in [4.78, 5) is 13.0. The van der Waals surface area contributed by atoms with Gasteiger partial charge in [-0.2, -0.15) is 0 Å². The Balaban J connectivity index is 2.03. The van der Waals surface area contributed by atoms with Crippen LogP contribution in [-0.2, 0) is 4.79 Å². The van der Waals surface area contributed by atoms with Crippen molar-refractivity contribution in [3.63, 3.8) is 0 Å². The van der Waals surface area contributed by atoms with Crippen molar-refractivity contribution in [1.82, 2.24) is 10.6 Å². The highest BCUT2D eigenvalue weighted by molar-refractivity contribution is 7.80. The number of para-hydroxylation sites is 2. The molecule has 0 spiro atoms. The number of carbonyl (C=O) groups excluding carboxylic acids is 1. The van der Waals surface area contributed by atoms with Gasteiger partial charge in [0.05, 0.1) is 24.4 Å². The number of amides is 1. The zero-order valence-electron chi connectivity index (χ0n) is 14.6. The number of hydrogen-bond donors (Lipinski definition) is 3. The van der Waals surface area contributed by atoms with Crippen LogP contribution < -0.4 is 20.7 Å².